The highest BCUT2D eigenvalue weighted by Crippen LogP contribution is 2.28. The van der Waals surface area contributed by atoms with E-state index in [2.05, 4.69) is 42.3 Å². The van der Waals surface area contributed by atoms with Crippen molar-refractivity contribution in [3.8, 4) is 5.88 Å². The molecule has 0 spiro atoms. The molecule has 102 valence electrons. The summed E-state index contributed by atoms with van der Waals surface area (Å²) >= 11 is 0. The molecule has 3 heteroatoms. The largest absolute Gasteiger partial charge is 0.471 e. The average molecular weight is 258 g/mol. The topological polar surface area (TPSA) is 34.1 Å². The lowest BCUT2D eigenvalue weighted by molar-refractivity contribution is 0.126. The van der Waals surface area contributed by atoms with Crippen molar-refractivity contribution in [2.75, 3.05) is 5.32 Å². The van der Waals surface area contributed by atoms with E-state index in [1.54, 1.807) is 6.20 Å². The Kier molecular flexibility index (Phi) is 3.65. The van der Waals surface area contributed by atoms with Gasteiger partial charge in [-0.15, -0.1) is 0 Å². The fraction of sp³-hybridized carbons (Fsp3) is 0.438. The third-order valence-corrected chi connectivity index (χ3v) is 2.59. The second-order valence-corrected chi connectivity index (χ2v) is 6.07. The Morgan fingerprint density at radius 2 is 1.89 bits per heavy atom. The van der Waals surface area contributed by atoms with Crippen molar-refractivity contribution in [1.29, 1.82) is 0 Å². The molecule has 0 aliphatic carbocycles. The standard InChI is InChI=1S/C16H22N2O/c1-11(2)18-13-6-7-14-12(10-13)8-9-17-15(14)19-16(3,4)5/h6-11,18H,1-5H3. The SMILES string of the molecule is CC(C)Nc1ccc2c(OC(C)(C)C)nccc2c1. The highest BCUT2D eigenvalue weighted by molar-refractivity contribution is 5.89. The van der Waals surface area contributed by atoms with Gasteiger partial charge in [0, 0.05) is 23.3 Å². The van der Waals surface area contributed by atoms with Gasteiger partial charge in [0.05, 0.1) is 0 Å². The number of pyridine rings is 1. The zero-order chi connectivity index (χ0) is 14.0. The van der Waals surface area contributed by atoms with Crippen molar-refractivity contribution in [2.45, 2.75) is 46.3 Å². The zero-order valence-electron chi connectivity index (χ0n) is 12.3. The van der Waals surface area contributed by atoms with Crippen molar-refractivity contribution in [3.05, 3.63) is 30.5 Å². The number of nitrogens with one attached hydrogen (secondary N) is 1. The van der Waals surface area contributed by atoms with Crippen LogP contribution in [0.3, 0.4) is 0 Å². The maximum atomic E-state index is 5.90. The molecule has 3 nitrogen and oxygen atoms in total. The Bertz CT molecular complexity index is 570. The van der Waals surface area contributed by atoms with E-state index in [9.17, 15) is 0 Å². The Morgan fingerprint density at radius 3 is 2.53 bits per heavy atom. The smallest absolute Gasteiger partial charge is 0.221 e. The number of hydrogen-bond acceptors (Lipinski definition) is 3. The summed E-state index contributed by atoms with van der Waals surface area (Å²) in [5.74, 6) is 0.695. The number of aromatic nitrogens is 1. The molecule has 0 unspecified atom stereocenters. The molecule has 1 N–H and O–H groups in total. The van der Waals surface area contributed by atoms with E-state index in [4.69, 9.17) is 4.74 Å². The Balaban J connectivity index is 2.41. The number of benzene rings is 1. The average Bonchev–Trinajstić information content (AvgIpc) is 2.26. The number of nitrogens with zero attached hydrogens (tertiary/aromatic N) is 1. The summed E-state index contributed by atoms with van der Waals surface area (Å²) in [5.41, 5.74) is 0.881. The summed E-state index contributed by atoms with van der Waals surface area (Å²) in [7, 11) is 0. The van der Waals surface area contributed by atoms with E-state index in [1.165, 1.54) is 0 Å². The summed E-state index contributed by atoms with van der Waals surface area (Å²) in [5, 5.41) is 5.59. The summed E-state index contributed by atoms with van der Waals surface area (Å²) < 4.78 is 5.90. The van der Waals surface area contributed by atoms with Crippen LogP contribution in [-0.4, -0.2) is 16.6 Å². The van der Waals surface area contributed by atoms with Crippen LogP contribution in [0.25, 0.3) is 10.8 Å². The van der Waals surface area contributed by atoms with Crippen LogP contribution in [0.5, 0.6) is 5.88 Å². The second-order valence-electron chi connectivity index (χ2n) is 6.07. The van der Waals surface area contributed by atoms with Gasteiger partial charge in [0.1, 0.15) is 5.60 Å². The molecule has 1 heterocycles. The predicted octanol–water partition coefficient (Wildman–Crippen LogP) is 4.23. The molecular formula is C16H22N2O. The molecule has 0 fully saturated rings. The van der Waals surface area contributed by atoms with E-state index < -0.39 is 0 Å². The van der Waals surface area contributed by atoms with Gasteiger partial charge in [0.2, 0.25) is 5.88 Å². The number of fused-ring (bicyclic) bond motifs is 1. The Morgan fingerprint density at radius 1 is 1.16 bits per heavy atom. The highest BCUT2D eigenvalue weighted by atomic mass is 16.5. The first-order valence-electron chi connectivity index (χ1n) is 6.69. The minimum Gasteiger partial charge on any atom is -0.471 e. The normalized spacial score (nSPS) is 11.9. The minimum atomic E-state index is -0.240. The molecule has 0 saturated heterocycles. The maximum absolute atomic E-state index is 5.90. The minimum absolute atomic E-state index is 0.240. The van der Waals surface area contributed by atoms with Crippen LogP contribution >= 0.6 is 0 Å². The van der Waals surface area contributed by atoms with E-state index in [1.807, 2.05) is 26.8 Å². The Hall–Kier alpha value is -1.77. The molecule has 0 bridgehead atoms. The number of anilines is 1. The first-order chi connectivity index (χ1) is 8.85. The molecule has 0 radical (unpaired) electrons. The fourth-order valence-corrected chi connectivity index (χ4v) is 1.94. The van der Waals surface area contributed by atoms with Gasteiger partial charge in [0.25, 0.3) is 0 Å². The quantitative estimate of drug-likeness (QED) is 0.894. The van der Waals surface area contributed by atoms with Crippen LogP contribution in [0.2, 0.25) is 0 Å². The fourth-order valence-electron chi connectivity index (χ4n) is 1.94. The molecule has 1 aromatic carbocycles. The van der Waals surface area contributed by atoms with Crippen LogP contribution in [0.15, 0.2) is 30.5 Å². The van der Waals surface area contributed by atoms with E-state index in [0.29, 0.717) is 11.9 Å². The molecule has 0 saturated carbocycles. The Labute approximate surface area is 115 Å². The molecule has 19 heavy (non-hydrogen) atoms. The van der Waals surface area contributed by atoms with Gasteiger partial charge in [-0.2, -0.15) is 0 Å². The second kappa shape index (κ2) is 5.08. The number of hydrogen-bond donors (Lipinski definition) is 1. The molecule has 1 aromatic heterocycles. The lowest BCUT2D eigenvalue weighted by Crippen LogP contribution is -2.23. The lowest BCUT2D eigenvalue weighted by atomic mass is 10.1. The first-order valence-corrected chi connectivity index (χ1v) is 6.69. The zero-order valence-corrected chi connectivity index (χ0v) is 12.3. The van der Waals surface area contributed by atoms with Gasteiger partial charge >= 0.3 is 0 Å². The lowest BCUT2D eigenvalue weighted by Gasteiger charge is -2.21. The van der Waals surface area contributed by atoms with Crippen molar-refractivity contribution in [1.82, 2.24) is 4.98 Å². The van der Waals surface area contributed by atoms with Gasteiger partial charge in [-0.05, 0) is 64.3 Å². The van der Waals surface area contributed by atoms with Gasteiger partial charge in [-0.1, -0.05) is 0 Å². The van der Waals surface area contributed by atoms with Crippen LogP contribution in [0.4, 0.5) is 5.69 Å². The predicted molar refractivity (Wildman–Crippen MR) is 80.9 cm³/mol. The molecule has 0 aliphatic heterocycles. The first kappa shape index (κ1) is 13.7. The van der Waals surface area contributed by atoms with Crippen LogP contribution < -0.4 is 10.1 Å². The monoisotopic (exact) mass is 258 g/mol. The van der Waals surface area contributed by atoms with Crippen LogP contribution in [0.1, 0.15) is 34.6 Å². The van der Waals surface area contributed by atoms with E-state index >= 15 is 0 Å². The number of ether oxygens (including phenoxy) is 1. The maximum Gasteiger partial charge on any atom is 0.221 e. The molecule has 2 aromatic rings. The van der Waals surface area contributed by atoms with Gasteiger partial charge in [-0.25, -0.2) is 4.98 Å². The van der Waals surface area contributed by atoms with Crippen molar-refractivity contribution < 1.29 is 4.74 Å². The summed E-state index contributed by atoms with van der Waals surface area (Å²) in [6.07, 6.45) is 1.79. The summed E-state index contributed by atoms with van der Waals surface area (Å²) in [6.45, 7) is 10.3. The number of rotatable bonds is 3. The summed E-state index contributed by atoms with van der Waals surface area (Å²) in [6, 6.07) is 8.70. The van der Waals surface area contributed by atoms with E-state index in [0.717, 1.165) is 16.5 Å². The van der Waals surface area contributed by atoms with Crippen molar-refractivity contribution in [2.24, 2.45) is 0 Å². The molecule has 0 atom stereocenters. The van der Waals surface area contributed by atoms with Gasteiger partial charge in [0.15, 0.2) is 0 Å². The molecule has 2 rings (SSSR count). The molecule has 0 aliphatic rings. The summed E-state index contributed by atoms with van der Waals surface area (Å²) in [4.78, 5) is 4.34. The third kappa shape index (κ3) is 3.60. The molecule has 0 amide bonds. The van der Waals surface area contributed by atoms with Gasteiger partial charge < -0.3 is 10.1 Å². The van der Waals surface area contributed by atoms with Gasteiger partial charge in [-0.3, -0.25) is 0 Å². The van der Waals surface area contributed by atoms with Crippen LogP contribution in [-0.2, 0) is 0 Å². The van der Waals surface area contributed by atoms with E-state index in [-0.39, 0.29) is 5.60 Å². The van der Waals surface area contributed by atoms with Crippen molar-refractivity contribution >= 4 is 16.5 Å². The third-order valence-electron chi connectivity index (χ3n) is 2.59. The van der Waals surface area contributed by atoms with Crippen LogP contribution in [0, 0.1) is 0 Å². The van der Waals surface area contributed by atoms with Crippen molar-refractivity contribution in [3.63, 3.8) is 0 Å². The molecular weight excluding hydrogens is 236 g/mol. The highest BCUT2D eigenvalue weighted by Gasteiger charge is 2.14.